The lowest BCUT2D eigenvalue weighted by molar-refractivity contribution is -0.153. The molecule has 1 aromatic carbocycles. The van der Waals surface area contributed by atoms with E-state index < -0.39 is 40.9 Å². The number of esters is 1. The number of carbonyl (C=O) groups is 2. The van der Waals surface area contributed by atoms with E-state index in [0.717, 1.165) is 17.6 Å². The van der Waals surface area contributed by atoms with Crippen LogP contribution in [0.3, 0.4) is 0 Å². The maximum atomic E-state index is 12.9. The van der Waals surface area contributed by atoms with Crippen LogP contribution in [0.15, 0.2) is 29.1 Å². The molecular formula is C20H24N2O6. The molecule has 1 aliphatic rings. The lowest BCUT2D eigenvalue weighted by Crippen LogP contribution is -2.39. The highest BCUT2D eigenvalue weighted by Crippen LogP contribution is 2.29. The molecule has 2 N–H and O–H groups in total. The zero-order valence-corrected chi connectivity index (χ0v) is 16.2. The molecule has 3 rings (SSSR count). The Balaban J connectivity index is 1.90. The Morgan fingerprint density at radius 2 is 1.93 bits per heavy atom. The van der Waals surface area contributed by atoms with Gasteiger partial charge in [0, 0.05) is 5.39 Å². The highest BCUT2D eigenvalue weighted by Gasteiger charge is 2.26. The van der Waals surface area contributed by atoms with Gasteiger partial charge in [-0.25, -0.2) is 0 Å². The largest absolute Gasteiger partial charge is 0.506 e. The second-order valence-electron chi connectivity index (χ2n) is 7.85. The van der Waals surface area contributed by atoms with Gasteiger partial charge >= 0.3 is 5.97 Å². The van der Waals surface area contributed by atoms with Crippen LogP contribution in [0.4, 0.5) is 0 Å². The molecule has 150 valence electrons. The molecule has 1 fully saturated rings. The number of fused-ring (bicyclic) bond motifs is 1. The van der Waals surface area contributed by atoms with Gasteiger partial charge in [-0.2, -0.15) is 0 Å². The van der Waals surface area contributed by atoms with Gasteiger partial charge in [0.1, 0.15) is 24.5 Å². The quantitative estimate of drug-likeness (QED) is 0.729. The molecular weight excluding hydrogens is 364 g/mol. The molecule has 1 amide bonds. The molecule has 1 heterocycles. The summed E-state index contributed by atoms with van der Waals surface area (Å²) >= 11 is 0. The number of pyridine rings is 1. The van der Waals surface area contributed by atoms with Crippen LogP contribution >= 0.6 is 0 Å². The molecule has 2 aromatic rings. The second-order valence-corrected chi connectivity index (χ2v) is 7.85. The number of hydrogen-bond donors (Lipinski definition) is 2. The summed E-state index contributed by atoms with van der Waals surface area (Å²) in [6.07, 6.45) is 2.07. The minimum atomic E-state index is -0.872. The monoisotopic (exact) mass is 388 g/mol. The van der Waals surface area contributed by atoms with Crippen LogP contribution in [0.1, 0.15) is 44.0 Å². The third-order valence-electron chi connectivity index (χ3n) is 4.19. The lowest BCUT2D eigenvalue weighted by Gasteiger charge is -2.19. The number of para-hydroxylation sites is 1. The normalized spacial score (nSPS) is 14.0. The maximum absolute atomic E-state index is 12.9. The van der Waals surface area contributed by atoms with E-state index in [2.05, 4.69) is 5.32 Å². The van der Waals surface area contributed by atoms with Gasteiger partial charge in [0.05, 0.1) is 5.52 Å². The number of hydrogen-bond acceptors (Lipinski definition) is 6. The highest BCUT2D eigenvalue weighted by atomic mass is 16.7. The molecule has 1 aromatic heterocycles. The van der Waals surface area contributed by atoms with E-state index in [4.69, 9.17) is 9.57 Å². The van der Waals surface area contributed by atoms with Crippen molar-refractivity contribution in [3.63, 3.8) is 0 Å². The summed E-state index contributed by atoms with van der Waals surface area (Å²) in [5.41, 5.74) is -1.58. The molecule has 0 unspecified atom stereocenters. The third kappa shape index (κ3) is 4.44. The number of benzene rings is 1. The van der Waals surface area contributed by atoms with E-state index in [9.17, 15) is 19.5 Å². The lowest BCUT2D eigenvalue weighted by atomic mass is 10.1. The molecule has 0 saturated heterocycles. The van der Waals surface area contributed by atoms with Gasteiger partial charge in [-0.3, -0.25) is 14.4 Å². The Morgan fingerprint density at radius 1 is 1.25 bits per heavy atom. The number of aromatic hydroxyl groups is 1. The number of rotatable bonds is 6. The second kappa shape index (κ2) is 7.53. The smallest absolute Gasteiger partial charge is 0.325 e. The number of nitrogens with zero attached hydrogens (tertiary/aromatic N) is 1. The first-order valence-electron chi connectivity index (χ1n) is 9.17. The van der Waals surface area contributed by atoms with Crippen molar-refractivity contribution in [2.24, 2.45) is 5.92 Å². The van der Waals surface area contributed by atoms with Crippen LogP contribution in [0.5, 0.6) is 5.75 Å². The van der Waals surface area contributed by atoms with E-state index in [1.165, 1.54) is 0 Å². The molecule has 0 radical (unpaired) electrons. The van der Waals surface area contributed by atoms with Crippen molar-refractivity contribution in [2.75, 3.05) is 13.2 Å². The number of aromatic nitrogens is 1. The van der Waals surface area contributed by atoms with Crippen molar-refractivity contribution in [2.45, 2.75) is 39.2 Å². The molecule has 0 bridgehead atoms. The van der Waals surface area contributed by atoms with Gasteiger partial charge in [-0.05, 0) is 51.7 Å². The average Bonchev–Trinajstić information content (AvgIpc) is 3.43. The van der Waals surface area contributed by atoms with Crippen molar-refractivity contribution >= 4 is 22.8 Å². The van der Waals surface area contributed by atoms with Crippen molar-refractivity contribution < 1.29 is 24.3 Å². The number of ether oxygens (including phenoxy) is 1. The Labute approximate surface area is 162 Å². The van der Waals surface area contributed by atoms with Crippen molar-refractivity contribution in [1.82, 2.24) is 10.0 Å². The Bertz CT molecular complexity index is 969. The number of amides is 1. The van der Waals surface area contributed by atoms with Crippen LogP contribution in [-0.4, -0.2) is 40.5 Å². The van der Waals surface area contributed by atoms with Crippen molar-refractivity contribution in [3.05, 3.63) is 40.2 Å². The SMILES string of the molecule is CC(C)(C)OC(=O)CNC(=O)c1c(O)c2ccccc2n(OCC2CC2)c1=O. The Hall–Kier alpha value is -3.03. The fourth-order valence-corrected chi connectivity index (χ4v) is 2.71. The standard InChI is InChI=1S/C20H24N2O6/c1-20(2,3)28-15(23)10-21-18(25)16-17(24)13-6-4-5-7-14(13)22(19(16)26)27-11-12-8-9-12/h4-7,12,24H,8-11H2,1-3H3,(H,21,25). The summed E-state index contributed by atoms with van der Waals surface area (Å²) in [6, 6.07) is 6.61. The predicted octanol–water partition coefficient (Wildman–Crippen LogP) is 1.62. The summed E-state index contributed by atoms with van der Waals surface area (Å²) in [7, 11) is 0. The molecule has 1 saturated carbocycles. The summed E-state index contributed by atoms with van der Waals surface area (Å²) < 4.78 is 6.16. The van der Waals surface area contributed by atoms with E-state index in [1.54, 1.807) is 45.0 Å². The predicted molar refractivity (Wildman–Crippen MR) is 102 cm³/mol. The number of nitrogens with one attached hydrogen (secondary N) is 1. The van der Waals surface area contributed by atoms with Gasteiger partial charge in [0.2, 0.25) is 0 Å². The van der Waals surface area contributed by atoms with Crippen molar-refractivity contribution in [3.8, 4) is 5.75 Å². The van der Waals surface area contributed by atoms with Gasteiger partial charge < -0.3 is 20.0 Å². The fourth-order valence-electron chi connectivity index (χ4n) is 2.71. The average molecular weight is 388 g/mol. The van der Waals surface area contributed by atoms with E-state index >= 15 is 0 Å². The molecule has 8 heteroatoms. The molecule has 1 aliphatic carbocycles. The summed E-state index contributed by atoms with van der Waals surface area (Å²) in [5, 5.41) is 13.2. The summed E-state index contributed by atoms with van der Waals surface area (Å²) in [6.45, 7) is 5.05. The summed E-state index contributed by atoms with van der Waals surface area (Å²) in [4.78, 5) is 42.9. The molecule has 8 nitrogen and oxygen atoms in total. The van der Waals surface area contributed by atoms with Gasteiger partial charge in [0.25, 0.3) is 11.5 Å². The highest BCUT2D eigenvalue weighted by molar-refractivity contribution is 6.03. The van der Waals surface area contributed by atoms with Gasteiger partial charge in [-0.15, -0.1) is 4.73 Å². The molecule has 28 heavy (non-hydrogen) atoms. The van der Waals surface area contributed by atoms with E-state index in [1.807, 2.05) is 0 Å². The maximum Gasteiger partial charge on any atom is 0.325 e. The topological polar surface area (TPSA) is 107 Å². The van der Waals surface area contributed by atoms with Gasteiger partial charge in [-0.1, -0.05) is 12.1 Å². The van der Waals surface area contributed by atoms with Crippen LogP contribution in [0.25, 0.3) is 10.9 Å². The third-order valence-corrected chi connectivity index (χ3v) is 4.19. The van der Waals surface area contributed by atoms with Crippen LogP contribution in [0.2, 0.25) is 0 Å². The molecule has 0 aliphatic heterocycles. The molecule has 0 atom stereocenters. The van der Waals surface area contributed by atoms with Gasteiger partial charge in [0.15, 0.2) is 5.56 Å². The zero-order valence-electron chi connectivity index (χ0n) is 16.2. The first-order chi connectivity index (χ1) is 13.2. The van der Waals surface area contributed by atoms with Crippen LogP contribution in [-0.2, 0) is 9.53 Å². The summed E-state index contributed by atoms with van der Waals surface area (Å²) in [5.74, 6) is -1.58. The fraction of sp³-hybridized carbons (Fsp3) is 0.450. The van der Waals surface area contributed by atoms with Crippen molar-refractivity contribution in [1.29, 1.82) is 0 Å². The Morgan fingerprint density at radius 3 is 2.57 bits per heavy atom. The Kier molecular flexibility index (Phi) is 5.31. The minimum absolute atomic E-state index is 0.306. The molecule has 0 spiro atoms. The van der Waals surface area contributed by atoms with E-state index in [-0.39, 0.29) is 0 Å². The zero-order chi connectivity index (χ0) is 20.5. The minimum Gasteiger partial charge on any atom is -0.506 e. The first kappa shape index (κ1) is 19.7. The van der Waals surface area contributed by atoms with Crippen LogP contribution < -0.4 is 15.7 Å². The van der Waals surface area contributed by atoms with Crippen LogP contribution in [0, 0.1) is 5.92 Å². The number of carbonyl (C=O) groups excluding carboxylic acids is 2. The van der Waals surface area contributed by atoms with E-state index in [0.29, 0.717) is 23.4 Å². The first-order valence-corrected chi connectivity index (χ1v) is 9.17.